The molecular formula is C15H8Br2N2O2. The van der Waals surface area contributed by atoms with Gasteiger partial charge in [0.25, 0.3) is 0 Å². The number of halogens is 2. The van der Waals surface area contributed by atoms with Crippen LogP contribution in [0.15, 0.2) is 51.5 Å². The zero-order chi connectivity index (χ0) is 15.0. The second-order valence-corrected chi connectivity index (χ2v) is 6.13. The maximum Gasteiger partial charge on any atom is 0.336 e. The molecule has 21 heavy (non-hydrogen) atoms. The fourth-order valence-corrected chi connectivity index (χ4v) is 3.39. The van der Waals surface area contributed by atoms with E-state index < -0.39 is 5.97 Å². The smallest absolute Gasteiger partial charge is 0.336 e. The van der Waals surface area contributed by atoms with Crippen molar-refractivity contribution < 1.29 is 9.90 Å². The Kier molecular flexibility index (Phi) is 3.73. The maximum atomic E-state index is 11.5. The fourth-order valence-electron chi connectivity index (χ4n) is 2.07. The van der Waals surface area contributed by atoms with E-state index in [0.29, 0.717) is 22.3 Å². The van der Waals surface area contributed by atoms with Crippen LogP contribution in [0.2, 0.25) is 0 Å². The molecule has 0 aliphatic rings. The summed E-state index contributed by atoms with van der Waals surface area (Å²) in [4.78, 5) is 20.3. The van der Waals surface area contributed by atoms with Crippen LogP contribution in [-0.4, -0.2) is 21.0 Å². The number of carboxylic acid groups (broad SMARTS) is 1. The van der Waals surface area contributed by atoms with Gasteiger partial charge in [-0.1, -0.05) is 22.0 Å². The van der Waals surface area contributed by atoms with Gasteiger partial charge in [0.15, 0.2) is 0 Å². The van der Waals surface area contributed by atoms with Crippen molar-refractivity contribution >= 4 is 48.7 Å². The summed E-state index contributed by atoms with van der Waals surface area (Å²) in [6, 6.07) is 10.6. The molecule has 0 amide bonds. The average molecular weight is 408 g/mol. The normalized spacial score (nSPS) is 10.8. The molecule has 6 heteroatoms. The highest BCUT2D eigenvalue weighted by atomic mass is 79.9. The third-order valence-corrected chi connectivity index (χ3v) is 4.05. The Morgan fingerprint density at radius 2 is 1.90 bits per heavy atom. The second kappa shape index (κ2) is 5.54. The van der Waals surface area contributed by atoms with Gasteiger partial charge in [0.2, 0.25) is 0 Å². The summed E-state index contributed by atoms with van der Waals surface area (Å²) in [5.41, 5.74) is 1.96. The minimum atomic E-state index is -0.996. The first-order valence-electron chi connectivity index (χ1n) is 6.01. The number of benzene rings is 1. The number of aromatic nitrogens is 2. The van der Waals surface area contributed by atoms with E-state index in [0.717, 1.165) is 8.95 Å². The first kappa shape index (κ1) is 14.2. The van der Waals surface area contributed by atoms with Gasteiger partial charge in [-0.3, -0.25) is 4.98 Å². The van der Waals surface area contributed by atoms with Crippen molar-refractivity contribution in [3.8, 4) is 11.4 Å². The van der Waals surface area contributed by atoms with Gasteiger partial charge in [-0.15, -0.1) is 0 Å². The molecular weight excluding hydrogens is 400 g/mol. The van der Waals surface area contributed by atoms with Crippen molar-refractivity contribution in [1.82, 2.24) is 9.97 Å². The molecule has 0 saturated heterocycles. The average Bonchev–Trinajstić information content (AvgIpc) is 2.47. The van der Waals surface area contributed by atoms with Crippen LogP contribution in [0.25, 0.3) is 22.3 Å². The van der Waals surface area contributed by atoms with Crippen LogP contribution in [-0.2, 0) is 0 Å². The van der Waals surface area contributed by atoms with Crippen LogP contribution in [0, 0.1) is 0 Å². The van der Waals surface area contributed by atoms with Crippen molar-refractivity contribution in [2.45, 2.75) is 0 Å². The SMILES string of the molecule is O=C(O)c1cc(-c2ccccn2)nc2c(Br)cc(Br)cc12. The Balaban J connectivity index is 2.38. The first-order chi connectivity index (χ1) is 10.1. The summed E-state index contributed by atoms with van der Waals surface area (Å²) in [5, 5.41) is 10.0. The summed E-state index contributed by atoms with van der Waals surface area (Å²) in [6.45, 7) is 0. The van der Waals surface area contributed by atoms with Gasteiger partial charge in [-0.25, -0.2) is 9.78 Å². The van der Waals surface area contributed by atoms with Gasteiger partial charge in [-0.2, -0.15) is 0 Å². The highest BCUT2D eigenvalue weighted by Gasteiger charge is 2.15. The van der Waals surface area contributed by atoms with Crippen LogP contribution < -0.4 is 0 Å². The van der Waals surface area contributed by atoms with Crippen LogP contribution in [0.1, 0.15) is 10.4 Å². The molecule has 1 N–H and O–H groups in total. The summed E-state index contributed by atoms with van der Waals surface area (Å²) in [7, 11) is 0. The van der Waals surface area contributed by atoms with Crippen molar-refractivity contribution in [1.29, 1.82) is 0 Å². The predicted molar refractivity (Wildman–Crippen MR) is 87.3 cm³/mol. The molecule has 2 aromatic heterocycles. The number of pyridine rings is 2. The fraction of sp³-hybridized carbons (Fsp3) is 0. The van der Waals surface area contributed by atoms with E-state index in [4.69, 9.17) is 0 Å². The van der Waals surface area contributed by atoms with Crippen molar-refractivity contribution in [2.24, 2.45) is 0 Å². The Labute approximate surface area is 137 Å². The molecule has 3 aromatic rings. The second-order valence-electron chi connectivity index (χ2n) is 4.36. The summed E-state index contributed by atoms with van der Waals surface area (Å²) in [5.74, 6) is -0.996. The van der Waals surface area contributed by atoms with Gasteiger partial charge >= 0.3 is 5.97 Å². The molecule has 0 fully saturated rings. The molecule has 1 aromatic carbocycles. The van der Waals surface area contributed by atoms with E-state index in [1.54, 1.807) is 30.5 Å². The van der Waals surface area contributed by atoms with E-state index in [-0.39, 0.29) is 5.56 Å². The van der Waals surface area contributed by atoms with Crippen LogP contribution in [0.5, 0.6) is 0 Å². The molecule has 4 nitrogen and oxygen atoms in total. The minimum Gasteiger partial charge on any atom is -0.478 e. The number of fused-ring (bicyclic) bond motifs is 1. The van der Waals surface area contributed by atoms with E-state index in [1.807, 2.05) is 12.1 Å². The Morgan fingerprint density at radius 1 is 1.10 bits per heavy atom. The number of hydrogen-bond donors (Lipinski definition) is 1. The lowest BCUT2D eigenvalue weighted by atomic mass is 10.1. The standard InChI is InChI=1S/C15H8Br2N2O2/c16-8-5-9-10(15(20)21)7-13(12-3-1-2-4-18-12)19-14(9)11(17)6-8/h1-7H,(H,20,21). The number of carboxylic acids is 1. The molecule has 3 rings (SSSR count). The predicted octanol–water partition coefficient (Wildman–Crippen LogP) is 4.52. The van der Waals surface area contributed by atoms with E-state index in [1.165, 1.54) is 0 Å². The van der Waals surface area contributed by atoms with Gasteiger partial charge in [0.1, 0.15) is 0 Å². The van der Waals surface area contributed by atoms with Gasteiger partial charge in [0, 0.05) is 20.5 Å². The zero-order valence-corrected chi connectivity index (χ0v) is 13.7. The first-order valence-corrected chi connectivity index (χ1v) is 7.59. The topological polar surface area (TPSA) is 63.1 Å². The number of rotatable bonds is 2. The number of aromatic carboxylic acids is 1. The third kappa shape index (κ3) is 2.69. The van der Waals surface area contributed by atoms with Crippen LogP contribution >= 0.6 is 31.9 Å². The highest BCUT2D eigenvalue weighted by molar-refractivity contribution is 9.11. The van der Waals surface area contributed by atoms with Gasteiger partial charge in [0.05, 0.1) is 22.5 Å². The molecule has 2 heterocycles. The van der Waals surface area contributed by atoms with E-state index >= 15 is 0 Å². The van der Waals surface area contributed by atoms with Crippen molar-refractivity contribution in [2.75, 3.05) is 0 Å². The van der Waals surface area contributed by atoms with E-state index in [2.05, 4.69) is 41.8 Å². The molecule has 0 atom stereocenters. The summed E-state index contributed by atoms with van der Waals surface area (Å²) < 4.78 is 1.52. The Bertz CT molecular complexity index is 851. The van der Waals surface area contributed by atoms with Crippen LogP contribution in [0.3, 0.4) is 0 Å². The quantitative estimate of drug-likeness (QED) is 0.678. The number of hydrogen-bond acceptors (Lipinski definition) is 3. The molecule has 0 aliphatic carbocycles. The lowest BCUT2D eigenvalue weighted by molar-refractivity contribution is 0.0699. The summed E-state index contributed by atoms with van der Waals surface area (Å²) in [6.07, 6.45) is 1.65. The lowest BCUT2D eigenvalue weighted by Gasteiger charge is -2.08. The highest BCUT2D eigenvalue weighted by Crippen LogP contribution is 2.31. The third-order valence-electron chi connectivity index (χ3n) is 2.99. The van der Waals surface area contributed by atoms with Gasteiger partial charge in [-0.05, 0) is 46.3 Å². The van der Waals surface area contributed by atoms with Crippen molar-refractivity contribution in [3.05, 3.63) is 57.1 Å². The molecule has 104 valence electrons. The Hall–Kier alpha value is -1.79. The van der Waals surface area contributed by atoms with Gasteiger partial charge < -0.3 is 5.11 Å². The molecule has 0 radical (unpaired) electrons. The summed E-state index contributed by atoms with van der Waals surface area (Å²) >= 11 is 6.80. The monoisotopic (exact) mass is 406 g/mol. The molecule has 0 spiro atoms. The van der Waals surface area contributed by atoms with Crippen LogP contribution in [0.4, 0.5) is 0 Å². The lowest BCUT2D eigenvalue weighted by Crippen LogP contribution is -2.01. The van der Waals surface area contributed by atoms with Crippen molar-refractivity contribution in [3.63, 3.8) is 0 Å². The minimum absolute atomic E-state index is 0.197. The molecule has 0 saturated carbocycles. The maximum absolute atomic E-state index is 11.5. The largest absolute Gasteiger partial charge is 0.478 e. The molecule has 0 bridgehead atoms. The Morgan fingerprint density at radius 3 is 2.57 bits per heavy atom. The molecule has 0 aliphatic heterocycles. The van der Waals surface area contributed by atoms with E-state index in [9.17, 15) is 9.90 Å². The molecule has 0 unspecified atom stereocenters. The number of nitrogens with zero attached hydrogens (tertiary/aromatic N) is 2. The zero-order valence-electron chi connectivity index (χ0n) is 10.5. The number of carbonyl (C=O) groups is 1.